The Bertz CT molecular complexity index is 1440. The predicted molar refractivity (Wildman–Crippen MR) is 143 cm³/mol. The first-order chi connectivity index (χ1) is 18.0. The van der Waals surface area contributed by atoms with E-state index in [1.165, 1.54) is 17.0 Å². The van der Waals surface area contributed by atoms with Crippen molar-refractivity contribution in [2.24, 2.45) is 0 Å². The number of nitrogens with one attached hydrogen (secondary N) is 1. The van der Waals surface area contributed by atoms with E-state index in [1.807, 2.05) is 30.3 Å². The Morgan fingerprint density at radius 3 is 2.45 bits per heavy atom. The highest BCUT2D eigenvalue weighted by atomic mass is 35.5. The smallest absolute Gasteiger partial charge is 0.408 e. The van der Waals surface area contributed by atoms with Crippen LogP contribution in [0.3, 0.4) is 0 Å². The number of aryl methyl sites for hydroxylation is 1. The molecule has 2 amide bonds. The summed E-state index contributed by atoms with van der Waals surface area (Å²) < 4.78 is 23.1. The van der Waals surface area contributed by atoms with Crippen LogP contribution in [0.1, 0.15) is 54.2 Å². The lowest BCUT2D eigenvalue weighted by atomic mass is 9.66. The van der Waals surface area contributed by atoms with E-state index in [9.17, 15) is 14.4 Å². The first kappa shape index (κ1) is 25.9. The van der Waals surface area contributed by atoms with Gasteiger partial charge in [-0.3, -0.25) is 14.9 Å². The predicted octanol–water partition coefficient (Wildman–Crippen LogP) is 6.14. The van der Waals surface area contributed by atoms with Gasteiger partial charge < -0.3 is 9.64 Å². The number of alkyl carbamates (subject to hydrolysis) is 1. The number of hydrogen-bond donors (Lipinski definition) is 1. The minimum Gasteiger partial charge on any atom is -0.444 e. The summed E-state index contributed by atoms with van der Waals surface area (Å²) in [6, 6.07) is 20.5. The number of amides is 2. The number of benzene rings is 3. The van der Waals surface area contributed by atoms with Gasteiger partial charge in [-0.25, -0.2) is 9.18 Å². The lowest BCUT2D eigenvalue weighted by Gasteiger charge is -2.43. The summed E-state index contributed by atoms with van der Waals surface area (Å²) in [5.74, 6) is -1.62. The van der Waals surface area contributed by atoms with Crippen LogP contribution in [0.4, 0.5) is 14.9 Å². The molecule has 0 saturated heterocycles. The van der Waals surface area contributed by atoms with Gasteiger partial charge in [-0.05, 0) is 56.9 Å². The SMILES string of the molecule is CC(C)(C)OC(=O)N[C@]1([C@@]2(F)CCc3ccccc3C2=O)C(=O)N(Cc2ccccc2)c2cc(Cl)ccc21. The molecule has 0 aromatic heterocycles. The molecule has 0 spiro atoms. The van der Waals surface area contributed by atoms with Crippen molar-refractivity contribution in [3.8, 4) is 0 Å². The molecule has 8 heteroatoms. The van der Waals surface area contributed by atoms with Crippen molar-refractivity contribution < 1.29 is 23.5 Å². The summed E-state index contributed by atoms with van der Waals surface area (Å²) in [5, 5.41) is 2.90. The van der Waals surface area contributed by atoms with Crippen molar-refractivity contribution in [2.45, 2.75) is 57.0 Å². The van der Waals surface area contributed by atoms with Crippen LogP contribution in [-0.2, 0) is 28.0 Å². The molecule has 1 aliphatic heterocycles. The summed E-state index contributed by atoms with van der Waals surface area (Å²) >= 11 is 6.33. The van der Waals surface area contributed by atoms with Crippen molar-refractivity contribution in [1.29, 1.82) is 0 Å². The van der Waals surface area contributed by atoms with Gasteiger partial charge in [0.2, 0.25) is 11.5 Å². The van der Waals surface area contributed by atoms with Crippen LogP contribution in [0.2, 0.25) is 5.02 Å². The molecule has 196 valence electrons. The van der Waals surface area contributed by atoms with E-state index in [0.717, 1.165) is 5.56 Å². The molecule has 5 rings (SSSR count). The zero-order chi connectivity index (χ0) is 27.3. The Hall–Kier alpha value is -3.71. The average molecular weight is 535 g/mol. The van der Waals surface area contributed by atoms with Crippen molar-refractivity contribution in [2.75, 3.05) is 4.90 Å². The number of carbonyl (C=O) groups excluding carboxylic acids is 3. The Morgan fingerprint density at radius 2 is 1.74 bits per heavy atom. The second-order valence-corrected chi connectivity index (χ2v) is 11.1. The van der Waals surface area contributed by atoms with Crippen LogP contribution in [0.15, 0.2) is 72.8 Å². The van der Waals surface area contributed by atoms with Gasteiger partial charge >= 0.3 is 6.09 Å². The maximum Gasteiger partial charge on any atom is 0.408 e. The minimum atomic E-state index is -2.79. The molecule has 2 atom stereocenters. The fourth-order valence-electron chi connectivity index (χ4n) is 5.41. The third kappa shape index (κ3) is 4.15. The fourth-order valence-corrected chi connectivity index (χ4v) is 5.57. The van der Waals surface area contributed by atoms with Crippen LogP contribution in [-0.4, -0.2) is 29.1 Å². The first-order valence-electron chi connectivity index (χ1n) is 12.4. The Balaban J connectivity index is 1.72. The van der Waals surface area contributed by atoms with Crippen molar-refractivity contribution in [1.82, 2.24) is 5.32 Å². The number of anilines is 1. The zero-order valence-electron chi connectivity index (χ0n) is 21.4. The number of alkyl halides is 1. The normalized spacial score (nSPS) is 22.6. The molecule has 0 bridgehead atoms. The van der Waals surface area contributed by atoms with E-state index in [1.54, 1.807) is 51.1 Å². The van der Waals surface area contributed by atoms with Gasteiger partial charge in [-0.15, -0.1) is 0 Å². The molecule has 38 heavy (non-hydrogen) atoms. The number of fused-ring (bicyclic) bond motifs is 2. The Morgan fingerprint density at radius 1 is 1.05 bits per heavy atom. The highest BCUT2D eigenvalue weighted by Gasteiger charge is 2.69. The van der Waals surface area contributed by atoms with Crippen LogP contribution >= 0.6 is 11.6 Å². The molecule has 0 saturated carbocycles. The van der Waals surface area contributed by atoms with E-state index in [2.05, 4.69) is 5.32 Å². The monoisotopic (exact) mass is 534 g/mol. The van der Waals surface area contributed by atoms with Gasteiger partial charge in [0.05, 0.1) is 12.2 Å². The first-order valence-corrected chi connectivity index (χ1v) is 12.8. The van der Waals surface area contributed by atoms with E-state index >= 15 is 4.39 Å². The van der Waals surface area contributed by atoms with E-state index in [0.29, 0.717) is 16.3 Å². The molecule has 2 aliphatic rings. The molecule has 1 N–H and O–H groups in total. The van der Waals surface area contributed by atoms with E-state index in [-0.39, 0.29) is 30.5 Å². The second-order valence-electron chi connectivity index (χ2n) is 10.7. The van der Waals surface area contributed by atoms with E-state index < -0.39 is 34.6 Å². The summed E-state index contributed by atoms with van der Waals surface area (Å²) in [4.78, 5) is 43.0. The maximum absolute atomic E-state index is 17.6. The molecule has 1 heterocycles. The second kappa shape index (κ2) is 9.24. The molecule has 0 fully saturated rings. The molecule has 3 aromatic carbocycles. The van der Waals surface area contributed by atoms with Gasteiger partial charge in [0.1, 0.15) is 5.60 Å². The van der Waals surface area contributed by atoms with Crippen molar-refractivity contribution in [3.63, 3.8) is 0 Å². The molecule has 3 aromatic rings. The molecule has 0 radical (unpaired) electrons. The average Bonchev–Trinajstić information content (AvgIpc) is 3.09. The Labute approximate surface area is 225 Å². The summed E-state index contributed by atoms with van der Waals surface area (Å²) in [5.41, 5.74) is -3.93. The number of ketones is 1. The van der Waals surface area contributed by atoms with Gasteiger partial charge in [0.15, 0.2) is 5.54 Å². The topological polar surface area (TPSA) is 75.7 Å². The Kier molecular flexibility index (Phi) is 6.30. The number of rotatable bonds is 4. The van der Waals surface area contributed by atoms with Gasteiger partial charge in [-0.1, -0.05) is 72.3 Å². The third-order valence-corrected chi connectivity index (χ3v) is 7.28. The standard InChI is InChI=1S/C30H28ClFN2O4/c1-28(2,3)38-27(37)33-30(29(32)16-15-20-11-7-8-12-22(20)25(29)35)23-14-13-21(31)17-24(23)34(26(30)36)18-19-9-5-4-6-10-19/h4-14,17H,15-16,18H2,1-3H3,(H,33,37)/t29-,30+/m1/s1. The summed E-state index contributed by atoms with van der Waals surface area (Å²) in [6.45, 7) is 5.08. The van der Waals surface area contributed by atoms with Crippen molar-refractivity contribution in [3.05, 3.63) is 100 Å². The highest BCUT2D eigenvalue weighted by Crippen LogP contribution is 2.53. The summed E-state index contributed by atoms with van der Waals surface area (Å²) in [7, 11) is 0. The lowest BCUT2D eigenvalue weighted by Crippen LogP contribution is -2.68. The molecular weight excluding hydrogens is 507 g/mol. The van der Waals surface area contributed by atoms with Gasteiger partial charge in [0, 0.05) is 16.1 Å². The van der Waals surface area contributed by atoms with Crippen molar-refractivity contribution >= 4 is 35.1 Å². The molecule has 0 unspecified atom stereocenters. The number of ether oxygens (including phenoxy) is 1. The zero-order valence-corrected chi connectivity index (χ0v) is 22.1. The van der Waals surface area contributed by atoms with E-state index in [4.69, 9.17) is 16.3 Å². The molecule has 1 aliphatic carbocycles. The molecule has 6 nitrogen and oxygen atoms in total. The van der Waals surface area contributed by atoms with Gasteiger partial charge in [0.25, 0.3) is 5.91 Å². The number of Topliss-reactive ketones (excluding diaryl/α,β-unsaturated/α-hetero) is 1. The number of carbonyl (C=O) groups is 3. The number of hydrogen-bond acceptors (Lipinski definition) is 4. The van der Waals surface area contributed by atoms with Gasteiger partial charge in [-0.2, -0.15) is 0 Å². The lowest BCUT2D eigenvalue weighted by molar-refractivity contribution is -0.130. The van der Waals surface area contributed by atoms with Crippen LogP contribution in [0.5, 0.6) is 0 Å². The maximum atomic E-state index is 17.6. The fraction of sp³-hybridized carbons (Fsp3) is 0.300. The highest BCUT2D eigenvalue weighted by molar-refractivity contribution is 6.31. The quantitative estimate of drug-likeness (QED) is 0.436. The number of halogens is 2. The van der Waals surface area contributed by atoms with Crippen LogP contribution in [0, 0.1) is 0 Å². The van der Waals surface area contributed by atoms with Crippen LogP contribution in [0.25, 0.3) is 0 Å². The largest absolute Gasteiger partial charge is 0.444 e. The number of nitrogens with zero attached hydrogens (tertiary/aromatic N) is 1. The minimum absolute atomic E-state index is 0.0889. The summed E-state index contributed by atoms with van der Waals surface area (Å²) in [6.07, 6.45) is -1.09. The van der Waals surface area contributed by atoms with Crippen LogP contribution < -0.4 is 10.2 Å². The third-order valence-electron chi connectivity index (χ3n) is 7.05. The molecular formula is C30H28ClFN2O4.